The topological polar surface area (TPSA) is 96.0 Å². The average Bonchev–Trinajstić information content (AvgIpc) is 3.45. The van der Waals surface area contributed by atoms with Crippen molar-refractivity contribution in [3.8, 4) is 11.8 Å². The minimum absolute atomic E-state index is 0.00103. The molecule has 7 nitrogen and oxygen atoms in total. The third-order valence-electron chi connectivity index (χ3n) is 4.75. The van der Waals surface area contributed by atoms with Gasteiger partial charge in [-0.05, 0) is 24.5 Å². The van der Waals surface area contributed by atoms with Crippen molar-refractivity contribution in [2.24, 2.45) is 5.92 Å². The maximum atomic E-state index is 14.0. The highest BCUT2D eigenvalue weighted by Crippen LogP contribution is 2.44. The molecule has 3 N–H and O–H groups in total. The fraction of sp³-hybridized carbons (Fsp3) is 0.316. The molecule has 1 aromatic carbocycles. The molecule has 0 bridgehead atoms. The first-order valence-electron chi connectivity index (χ1n) is 8.80. The number of nitrogens with zero attached hydrogens (tertiary/aromatic N) is 1. The predicted octanol–water partition coefficient (Wildman–Crippen LogP) is 1.89. The zero-order chi connectivity index (χ0) is 20.8. The van der Waals surface area contributed by atoms with Crippen molar-refractivity contribution >= 4 is 11.7 Å². The number of carbonyl (C=O) groups excluding carboxylic acids is 1. The number of aromatic nitrogens is 2. The summed E-state index contributed by atoms with van der Waals surface area (Å²) in [6.07, 6.45) is -2.07. The first-order valence-corrected chi connectivity index (χ1v) is 8.80. The summed E-state index contributed by atoms with van der Waals surface area (Å²) in [7, 11) is 0. The molecular weight excluding hydrogens is 389 g/mol. The van der Waals surface area contributed by atoms with Gasteiger partial charge >= 0.3 is 17.9 Å². The predicted molar refractivity (Wildman–Crippen MR) is 97.3 cm³/mol. The van der Waals surface area contributed by atoms with Gasteiger partial charge in [0.1, 0.15) is 0 Å². The molecule has 2 amide bonds. The molecule has 150 valence electrons. The van der Waals surface area contributed by atoms with Gasteiger partial charge in [-0.1, -0.05) is 24.0 Å². The van der Waals surface area contributed by atoms with Crippen LogP contribution in [0.4, 0.5) is 23.7 Å². The molecule has 0 spiro atoms. The average molecular weight is 404 g/mol. The largest absolute Gasteiger partial charge is 0.427 e. The van der Waals surface area contributed by atoms with Gasteiger partial charge in [-0.2, -0.15) is 13.2 Å². The second-order valence-electron chi connectivity index (χ2n) is 6.99. The van der Waals surface area contributed by atoms with E-state index in [-0.39, 0.29) is 23.7 Å². The summed E-state index contributed by atoms with van der Waals surface area (Å²) >= 11 is 0. The van der Waals surface area contributed by atoms with Crippen molar-refractivity contribution in [1.82, 2.24) is 14.9 Å². The van der Waals surface area contributed by atoms with E-state index in [2.05, 4.69) is 22.1 Å². The Labute approximate surface area is 161 Å². The Morgan fingerprint density at radius 2 is 1.93 bits per heavy atom. The van der Waals surface area contributed by atoms with Gasteiger partial charge < -0.3 is 10.6 Å². The number of benzene rings is 1. The van der Waals surface area contributed by atoms with Gasteiger partial charge in [-0.15, -0.1) is 0 Å². The number of anilines is 1. The van der Waals surface area contributed by atoms with Crippen LogP contribution in [-0.4, -0.2) is 21.8 Å². The van der Waals surface area contributed by atoms with Crippen molar-refractivity contribution in [1.29, 1.82) is 0 Å². The van der Waals surface area contributed by atoms with Crippen LogP contribution in [-0.2, 0) is 12.1 Å². The summed E-state index contributed by atoms with van der Waals surface area (Å²) in [4.78, 5) is 37.1. The summed E-state index contributed by atoms with van der Waals surface area (Å²) in [5, 5.41) is 4.33. The number of alkyl halides is 3. The SMILES string of the molecule is O=C1Nc2cc(Cn3ccc(=O)[nH]c3=O)ccc2C(C#CC2CC2)(C(F)(F)F)N1. The summed E-state index contributed by atoms with van der Waals surface area (Å²) in [6, 6.07) is 4.18. The van der Waals surface area contributed by atoms with Crippen LogP contribution in [0.2, 0.25) is 0 Å². The summed E-state index contributed by atoms with van der Waals surface area (Å²) in [5.74, 6) is 4.79. The molecular formula is C19H15F3N4O3. The Balaban J connectivity index is 1.77. The van der Waals surface area contributed by atoms with Crippen molar-refractivity contribution in [2.75, 3.05) is 5.32 Å². The van der Waals surface area contributed by atoms with Crippen LogP contribution in [0.25, 0.3) is 0 Å². The van der Waals surface area contributed by atoms with Gasteiger partial charge in [0.2, 0.25) is 5.54 Å². The number of H-pyrrole nitrogens is 1. The molecule has 1 unspecified atom stereocenters. The Bertz CT molecular complexity index is 1170. The fourth-order valence-corrected chi connectivity index (χ4v) is 3.11. The van der Waals surface area contributed by atoms with Crippen molar-refractivity contribution in [3.05, 3.63) is 62.4 Å². The first kappa shape index (κ1) is 18.9. The third kappa shape index (κ3) is 3.51. The number of urea groups is 1. The summed E-state index contributed by atoms with van der Waals surface area (Å²) in [5.41, 5.74) is -3.80. The number of halogens is 3. The lowest BCUT2D eigenvalue weighted by molar-refractivity contribution is -0.178. The number of hydrogen-bond donors (Lipinski definition) is 3. The minimum atomic E-state index is -4.83. The van der Waals surface area contributed by atoms with Crippen LogP contribution in [0.5, 0.6) is 0 Å². The Hall–Kier alpha value is -3.48. The van der Waals surface area contributed by atoms with Crippen molar-refractivity contribution in [3.63, 3.8) is 0 Å². The normalized spacial score (nSPS) is 20.7. The zero-order valence-electron chi connectivity index (χ0n) is 14.9. The minimum Gasteiger partial charge on any atom is -0.310 e. The molecule has 2 aliphatic rings. The lowest BCUT2D eigenvalue weighted by atomic mass is 9.85. The number of rotatable bonds is 2. The van der Waals surface area contributed by atoms with Gasteiger partial charge in [0, 0.05) is 29.4 Å². The molecule has 10 heteroatoms. The molecule has 1 aromatic heterocycles. The van der Waals surface area contributed by atoms with Crippen molar-refractivity contribution in [2.45, 2.75) is 31.1 Å². The van der Waals surface area contributed by atoms with Crippen LogP contribution in [0.3, 0.4) is 0 Å². The number of amides is 2. The summed E-state index contributed by atoms with van der Waals surface area (Å²) in [6.45, 7) is -0.00103. The van der Waals surface area contributed by atoms with E-state index in [9.17, 15) is 27.6 Å². The molecule has 1 fully saturated rings. The highest BCUT2D eigenvalue weighted by Gasteiger charge is 2.59. The summed E-state index contributed by atoms with van der Waals surface area (Å²) < 4.78 is 43.3. The number of fused-ring (bicyclic) bond motifs is 1. The van der Waals surface area contributed by atoms with E-state index in [0.29, 0.717) is 5.56 Å². The van der Waals surface area contributed by atoms with Gasteiger partial charge in [0.05, 0.1) is 6.54 Å². The van der Waals surface area contributed by atoms with E-state index in [4.69, 9.17) is 0 Å². The van der Waals surface area contributed by atoms with E-state index < -0.39 is 29.0 Å². The third-order valence-corrected chi connectivity index (χ3v) is 4.75. The van der Waals surface area contributed by atoms with Crippen molar-refractivity contribution < 1.29 is 18.0 Å². The number of nitrogens with one attached hydrogen (secondary N) is 3. The van der Waals surface area contributed by atoms with E-state index in [1.54, 1.807) is 0 Å². The Kier molecular flexibility index (Phi) is 4.26. The highest BCUT2D eigenvalue weighted by atomic mass is 19.4. The lowest BCUT2D eigenvalue weighted by Crippen LogP contribution is -2.59. The van der Waals surface area contributed by atoms with E-state index in [1.807, 2.05) is 5.32 Å². The van der Waals surface area contributed by atoms with E-state index >= 15 is 0 Å². The molecule has 4 rings (SSSR count). The number of carbonyl (C=O) groups is 1. The Morgan fingerprint density at radius 1 is 1.17 bits per heavy atom. The molecule has 1 aliphatic carbocycles. The molecule has 2 heterocycles. The molecule has 0 radical (unpaired) electrons. The van der Waals surface area contributed by atoms with Crippen LogP contribution >= 0.6 is 0 Å². The zero-order valence-corrected chi connectivity index (χ0v) is 14.9. The van der Waals surface area contributed by atoms with Crippen LogP contribution in [0, 0.1) is 17.8 Å². The standard InChI is InChI=1S/C19H15F3N4O3/c20-19(21,22)18(7-5-11-1-2-11)13-4-3-12(9-14(13)23-16(28)25-18)10-26-8-6-15(27)24-17(26)29/h3-4,6,8-9,11H,1-2,10H2,(H2,23,25,28)(H,24,27,29). The van der Waals surface area contributed by atoms with Gasteiger partial charge in [0.15, 0.2) is 0 Å². The smallest absolute Gasteiger partial charge is 0.310 e. The molecule has 2 aromatic rings. The molecule has 1 atom stereocenters. The van der Waals surface area contributed by atoms with Gasteiger partial charge in [0.25, 0.3) is 5.56 Å². The first-order chi connectivity index (χ1) is 13.7. The van der Waals surface area contributed by atoms with E-state index in [1.165, 1.54) is 29.0 Å². The highest BCUT2D eigenvalue weighted by molar-refractivity contribution is 5.95. The monoisotopic (exact) mass is 404 g/mol. The van der Waals surface area contributed by atoms with Gasteiger partial charge in [-0.25, -0.2) is 9.59 Å². The second-order valence-corrected chi connectivity index (χ2v) is 6.99. The quantitative estimate of drug-likeness (QED) is 0.667. The molecule has 1 saturated carbocycles. The maximum absolute atomic E-state index is 14.0. The van der Waals surface area contributed by atoms with Crippen LogP contribution in [0.15, 0.2) is 40.1 Å². The second kappa shape index (κ2) is 6.55. The van der Waals surface area contributed by atoms with Crippen LogP contribution < -0.4 is 21.9 Å². The fourth-order valence-electron chi connectivity index (χ4n) is 3.11. The van der Waals surface area contributed by atoms with E-state index in [0.717, 1.165) is 18.9 Å². The maximum Gasteiger partial charge on any atom is 0.427 e. The molecule has 1 aliphatic heterocycles. The van der Waals surface area contributed by atoms with Gasteiger partial charge in [-0.3, -0.25) is 14.3 Å². The number of aromatic amines is 1. The Morgan fingerprint density at radius 3 is 2.59 bits per heavy atom. The lowest BCUT2D eigenvalue weighted by Gasteiger charge is -2.37. The van der Waals surface area contributed by atoms with Crippen LogP contribution in [0.1, 0.15) is 24.0 Å². The molecule has 29 heavy (non-hydrogen) atoms. The molecule has 0 saturated heterocycles. The number of hydrogen-bond acceptors (Lipinski definition) is 3.